The van der Waals surface area contributed by atoms with Crippen molar-refractivity contribution in [1.29, 1.82) is 0 Å². The summed E-state index contributed by atoms with van der Waals surface area (Å²) < 4.78 is 31.5. The van der Waals surface area contributed by atoms with Crippen LogP contribution in [-0.2, 0) is 14.3 Å². The van der Waals surface area contributed by atoms with Crippen molar-refractivity contribution in [2.75, 3.05) is 44.4 Å². The van der Waals surface area contributed by atoms with Gasteiger partial charge in [0.15, 0.2) is 17.3 Å². The second-order valence-electron chi connectivity index (χ2n) is 8.47. The molecule has 0 aromatic carbocycles. The number of amides is 1. The van der Waals surface area contributed by atoms with Gasteiger partial charge in [0.1, 0.15) is 11.9 Å². The molecular weight excluding hydrogens is 507 g/mol. The van der Waals surface area contributed by atoms with Gasteiger partial charge in [-0.25, -0.2) is 19.2 Å². The Morgan fingerprint density at radius 2 is 1.95 bits per heavy atom. The van der Waals surface area contributed by atoms with E-state index in [1.165, 1.54) is 17.8 Å². The molecule has 4 rings (SSSR count). The Balaban J connectivity index is 1.62. The molecule has 0 aliphatic carbocycles. The molecule has 12 nitrogen and oxygen atoms in total. The van der Waals surface area contributed by atoms with Gasteiger partial charge >= 0.3 is 5.97 Å². The predicted octanol–water partition coefficient (Wildman–Crippen LogP) is 1.38. The van der Waals surface area contributed by atoms with E-state index in [2.05, 4.69) is 19.7 Å². The van der Waals surface area contributed by atoms with Crippen LogP contribution < -0.4 is 15.6 Å². The lowest BCUT2D eigenvalue weighted by molar-refractivity contribution is -0.127. The van der Waals surface area contributed by atoms with Crippen molar-refractivity contribution in [3.8, 4) is 5.13 Å². The van der Waals surface area contributed by atoms with Crippen LogP contribution in [0.1, 0.15) is 29.8 Å². The highest BCUT2D eigenvalue weighted by atomic mass is 32.1. The van der Waals surface area contributed by atoms with Gasteiger partial charge in [-0.2, -0.15) is 4.37 Å². The molecule has 3 aromatic heterocycles. The molecule has 0 saturated carbocycles. The minimum atomic E-state index is -1.45. The number of carboxylic acids is 1. The first-order chi connectivity index (χ1) is 17.8. The Bertz CT molecular complexity index is 1350. The fraction of sp³-hybridized carbons (Fsp3) is 0.478. The fourth-order valence-electron chi connectivity index (χ4n) is 4.05. The second-order valence-corrected chi connectivity index (χ2v) is 9.23. The first-order valence-corrected chi connectivity index (χ1v) is 12.5. The molecule has 0 unspecified atom stereocenters. The Kier molecular flexibility index (Phi) is 8.10. The van der Waals surface area contributed by atoms with Crippen molar-refractivity contribution in [1.82, 2.24) is 24.2 Å². The zero-order valence-electron chi connectivity index (χ0n) is 20.6. The number of hydrogen-bond acceptors (Lipinski definition) is 10. The average Bonchev–Trinajstić information content (AvgIpc) is 3.37. The number of aromatic carboxylic acids is 1. The topological polar surface area (TPSA) is 149 Å². The summed E-state index contributed by atoms with van der Waals surface area (Å²) in [6, 6.07) is -0.302. The van der Waals surface area contributed by atoms with Gasteiger partial charge in [-0.05, 0) is 20.8 Å². The number of ether oxygens (including phenoxy) is 2. The van der Waals surface area contributed by atoms with Gasteiger partial charge in [0.05, 0.1) is 30.6 Å². The van der Waals surface area contributed by atoms with Crippen molar-refractivity contribution in [2.24, 2.45) is 5.92 Å². The number of carbonyl (C=O) groups excluding carboxylic acids is 1. The third kappa shape index (κ3) is 5.31. The number of halogens is 1. The van der Waals surface area contributed by atoms with Gasteiger partial charge in [-0.1, -0.05) is 0 Å². The maximum absolute atomic E-state index is 15.4. The van der Waals surface area contributed by atoms with E-state index < -0.39 is 28.7 Å². The van der Waals surface area contributed by atoms with Crippen molar-refractivity contribution in [3.63, 3.8) is 0 Å². The number of aryl methyl sites for hydroxylation is 1. The number of nitrogens with one attached hydrogen (secondary N) is 1. The largest absolute Gasteiger partial charge is 0.477 e. The molecule has 0 spiro atoms. The van der Waals surface area contributed by atoms with Gasteiger partial charge < -0.3 is 24.8 Å². The normalized spacial score (nSPS) is 13.8. The lowest BCUT2D eigenvalue weighted by Crippen LogP contribution is -2.56. The van der Waals surface area contributed by atoms with Crippen LogP contribution in [0.4, 0.5) is 10.2 Å². The maximum atomic E-state index is 15.4. The van der Waals surface area contributed by atoms with E-state index in [1.54, 1.807) is 4.90 Å². The van der Waals surface area contributed by atoms with E-state index >= 15 is 4.39 Å². The Morgan fingerprint density at radius 3 is 2.51 bits per heavy atom. The number of fused-ring (bicyclic) bond motifs is 1. The van der Waals surface area contributed by atoms with Crippen LogP contribution >= 0.6 is 11.5 Å². The van der Waals surface area contributed by atoms with Crippen LogP contribution in [0, 0.1) is 18.7 Å². The summed E-state index contributed by atoms with van der Waals surface area (Å²) in [5, 5.41) is 12.6. The van der Waals surface area contributed by atoms with Crippen LogP contribution in [0.25, 0.3) is 16.2 Å². The molecule has 0 bridgehead atoms. The molecule has 1 aliphatic rings. The zero-order chi connectivity index (χ0) is 26.7. The molecule has 1 fully saturated rings. The molecule has 2 N–H and O–H groups in total. The molecule has 3 aromatic rings. The number of carboxylic acid groups (broad SMARTS) is 1. The first kappa shape index (κ1) is 26.6. The molecule has 0 radical (unpaired) electrons. The van der Waals surface area contributed by atoms with Crippen LogP contribution in [-0.4, -0.2) is 81.5 Å². The molecule has 198 valence electrons. The SMILES string of the molecule is CCOCC(COCC)NC(=O)C1CN(c2nc3c(c(C)c2F)c(=O)c(C(=O)O)cn3-c2ncns2)C1. The van der Waals surface area contributed by atoms with Crippen LogP contribution in [0.15, 0.2) is 17.3 Å². The van der Waals surface area contributed by atoms with Crippen molar-refractivity contribution in [2.45, 2.75) is 26.8 Å². The number of pyridine rings is 2. The summed E-state index contributed by atoms with van der Waals surface area (Å²) >= 11 is 0.968. The number of carbonyl (C=O) groups is 2. The highest BCUT2D eigenvalue weighted by Crippen LogP contribution is 2.31. The smallest absolute Gasteiger partial charge is 0.341 e. The monoisotopic (exact) mass is 534 g/mol. The minimum Gasteiger partial charge on any atom is -0.477 e. The third-order valence-electron chi connectivity index (χ3n) is 6.02. The Labute approximate surface area is 215 Å². The first-order valence-electron chi connectivity index (χ1n) is 11.7. The van der Waals surface area contributed by atoms with E-state index in [0.717, 1.165) is 17.7 Å². The summed E-state index contributed by atoms with van der Waals surface area (Å²) in [7, 11) is 0. The molecule has 37 heavy (non-hydrogen) atoms. The van der Waals surface area contributed by atoms with Crippen molar-refractivity contribution < 1.29 is 28.6 Å². The molecule has 14 heteroatoms. The van der Waals surface area contributed by atoms with E-state index in [0.29, 0.717) is 26.4 Å². The van der Waals surface area contributed by atoms with Gasteiger partial charge in [-0.15, -0.1) is 0 Å². The van der Waals surface area contributed by atoms with Crippen molar-refractivity contribution in [3.05, 3.63) is 39.7 Å². The summed E-state index contributed by atoms with van der Waals surface area (Å²) in [5.41, 5.74) is -1.35. The molecule has 4 heterocycles. The standard InChI is InChI=1S/C23H27FN6O6S/c1-4-35-9-14(10-36-5-2)27-21(32)13-6-29(7-13)20-17(24)12(3)16-18(31)15(22(33)34)8-30(19(16)28-20)23-25-11-26-37-23/h8,11,13-14H,4-7,9-10H2,1-3H3,(H,27,32)(H,33,34). The van der Waals surface area contributed by atoms with E-state index in [-0.39, 0.29) is 52.6 Å². The highest BCUT2D eigenvalue weighted by molar-refractivity contribution is 7.08. The third-order valence-corrected chi connectivity index (χ3v) is 6.69. The molecule has 1 aliphatic heterocycles. The van der Waals surface area contributed by atoms with Gasteiger partial charge in [0, 0.05) is 49.6 Å². The summed E-state index contributed by atoms with van der Waals surface area (Å²) in [6.07, 6.45) is 2.40. The lowest BCUT2D eigenvalue weighted by atomic mass is 9.98. The van der Waals surface area contributed by atoms with E-state index in [4.69, 9.17) is 9.47 Å². The summed E-state index contributed by atoms with van der Waals surface area (Å²) in [6.45, 7) is 7.22. The summed E-state index contributed by atoms with van der Waals surface area (Å²) in [4.78, 5) is 47.5. The molecule has 1 amide bonds. The quantitative estimate of drug-likeness (QED) is 0.369. The number of rotatable bonds is 11. The van der Waals surface area contributed by atoms with Gasteiger partial charge in [0.25, 0.3) is 0 Å². The Morgan fingerprint density at radius 1 is 1.27 bits per heavy atom. The van der Waals surface area contributed by atoms with Crippen molar-refractivity contribution >= 4 is 40.3 Å². The minimum absolute atomic E-state index is 0.0324. The molecular formula is C23H27FN6O6S. The summed E-state index contributed by atoms with van der Waals surface area (Å²) in [5.74, 6) is -2.83. The van der Waals surface area contributed by atoms with Crippen LogP contribution in [0.3, 0.4) is 0 Å². The van der Waals surface area contributed by atoms with E-state index in [9.17, 15) is 19.5 Å². The van der Waals surface area contributed by atoms with Gasteiger partial charge in [0.2, 0.25) is 16.5 Å². The van der Waals surface area contributed by atoms with Crippen LogP contribution in [0.5, 0.6) is 0 Å². The lowest BCUT2D eigenvalue weighted by Gasteiger charge is -2.40. The maximum Gasteiger partial charge on any atom is 0.341 e. The average molecular weight is 535 g/mol. The number of hydrogen-bond donors (Lipinski definition) is 2. The highest BCUT2D eigenvalue weighted by Gasteiger charge is 2.37. The van der Waals surface area contributed by atoms with Crippen LogP contribution in [0.2, 0.25) is 0 Å². The second kappa shape index (κ2) is 11.3. The number of aromatic nitrogens is 4. The Hall–Kier alpha value is -3.49. The molecule has 0 atom stereocenters. The fourth-order valence-corrected chi connectivity index (χ4v) is 4.56. The number of anilines is 1. The number of nitrogens with zero attached hydrogens (tertiary/aromatic N) is 5. The molecule has 1 saturated heterocycles. The van der Waals surface area contributed by atoms with E-state index in [1.807, 2.05) is 13.8 Å². The van der Waals surface area contributed by atoms with Gasteiger partial charge in [-0.3, -0.25) is 14.2 Å². The zero-order valence-corrected chi connectivity index (χ0v) is 21.4. The predicted molar refractivity (Wildman–Crippen MR) is 133 cm³/mol.